The van der Waals surface area contributed by atoms with E-state index in [0.717, 1.165) is 0 Å². The van der Waals surface area contributed by atoms with Crippen LogP contribution in [0.5, 0.6) is 0 Å². The molecule has 3 heteroatoms. The van der Waals surface area contributed by atoms with Crippen LogP contribution in [0.1, 0.15) is 6.92 Å². The smallest absolute Gasteiger partial charge is 0.139 e. The Hall–Kier alpha value is -0.0500. The minimum atomic E-state index is -2.10. The molecule has 32 valence electrons. The number of hydrogen-bond acceptors (Lipinski definition) is 2. The molecule has 0 aliphatic rings. The van der Waals surface area contributed by atoms with Gasteiger partial charge in [0.05, 0.1) is 0 Å². The zero-order valence-electron chi connectivity index (χ0n) is 2.97. The first-order valence-corrected chi connectivity index (χ1v) is 2.75. The first-order chi connectivity index (χ1) is 2.27. The van der Waals surface area contributed by atoms with Crippen LogP contribution in [0, 0.1) is 0 Å². The molecular formula is C2H6O2S. The van der Waals surface area contributed by atoms with Gasteiger partial charge in [0.25, 0.3) is 0 Å². The third kappa shape index (κ3) is 3.95. The van der Waals surface area contributed by atoms with E-state index in [1.165, 1.54) is 0 Å². The maximum atomic E-state index is 9.41. The Balaban J connectivity index is 3.23. The van der Waals surface area contributed by atoms with Crippen LogP contribution in [0.3, 0.4) is 0 Å². The highest BCUT2D eigenvalue weighted by Crippen LogP contribution is 1.53. The van der Waals surface area contributed by atoms with Crippen LogP contribution in [-0.2, 0) is 10.7 Å². The Kier molecular flexibility index (Phi) is 2.18. The van der Waals surface area contributed by atoms with Crippen molar-refractivity contribution in [2.75, 3.05) is 5.75 Å². The van der Waals surface area contributed by atoms with Crippen molar-refractivity contribution in [1.29, 1.82) is 0 Å². The van der Waals surface area contributed by atoms with E-state index in [1.807, 2.05) is 0 Å². The molecule has 0 aliphatic heterocycles. The van der Waals surface area contributed by atoms with E-state index >= 15 is 0 Å². The Bertz CT molecular complexity index is 65.7. The van der Waals surface area contributed by atoms with Crippen LogP contribution in [-0.4, -0.2) is 14.2 Å². The zero-order chi connectivity index (χ0) is 4.28. The summed E-state index contributed by atoms with van der Waals surface area (Å²) in [5.74, 6) is 0.259. The summed E-state index contributed by atoms with van der Waals surface area (Å²) in [4.78, 5) is 0. The fourth-order valence-corrected chi connectivity index (χ4v) is 0. The van der Waals surface area contributed by atoms with E-state index in [9.17, 15) is 8.42 Å². The van der Waals surface area contributed by atoms with Crippen molar-refractivity contribution in [2.24, 2.45) is 0 Å². The Morgan fingerprint density at radius 1 is 1.60 bits per heavy atom. The van der Waals surface area contributed by atoms with Gasteiger partial charge >= 0.3 is 0 Å². The van der Waals surface area contributed by atoms with Gasteiger partial charge in [0.15, 0.2) is 0 Å². The van der Waals surface area contributed by atoms with E-state index in [-0.39, 0.29) is 5.75 Å². The number of thiol groups is 1. The first-order valence-electron chi connectivity index (χ1n) is 1.39. The van der Waals surface area contributed by atoms with Gasteiger partial charge in [0.2, 0.25) is 0 Å². The topological polar surface area (TPSA) is 34.1 Å². The van der Waals surface area contributed by atoms with Crippen molar-refractivity contribution in [3.05, 3.63) is 0 Å². The summed E-state index contributed by atoms with van der Waals surface area (Å²) in [6.45, 7) is 1.60. The Labute approximate surface area is 32.8 Å². The molecule has 5 heavy (non-hydrogen) atoms. The van der Waals surface area contributed by atoms with Gasteiger partial charge < -0.3 is 0 Å². The third-order valence-electron chi connectivity index (χ3n) is 0.258. The van der Waals surface area contributed by atoms with Crippen molar-refractivity contribution in [3.8, 4) is 0 Å². The fraction of sp³-hybridized carbons (Fsp3) is 1.00. The van der Waals surface area contributed by atoms with E-state index < -0.39 is 10.7 Å². The maximum absolute atomic E-state index is 9.41. The fourth-order valence-electron chi connectivity index (χ4n) is 0. The summed E-state index contributed by atoms with van der Waals surface area (Å²) in [6.07, 6.45) is 0. The maximum Gasteiger partial charge on any atom is 0.139 e. The summed E-state index contributed by atoms with van der Waals surface area (Å²) in [5.41, 5.74) is 0. The van der Waals surface area contributed by atoms with Crippen molar-refractivity contribution >= 4 is 10.7 Å². The van der Waals surface area contributed by atoms with Crippen LogP contribution >= 0.6 is 0 Å². The zero-order valence-corrected chi connectivity index (χ0v) is 3.87. The lowest BCUT2D eigenvalue weighted by Gasteiger charge is -1.60. The largest absolute Gasteiger partial charge is 0.232 e. The summed E-state index contributed by atoms with van der Waals surface area (Å²) < 4.78 is 18.8. The second-order valence-corrected chi connectivity index (χ2v) is 1.95. The molecule has 0 N–H and O–H groups in total. The molecular weight excluding hydrogens is 88.1 g/mol. The van der Waals surface area contributed by atoms with Gasteiger partial charge in [-0.3, -0.25) is 0 Å². The van der Waals surface area contributed by atoms with Gasteiger partial charge in [-0.15, -0.1) is 0 Å². The van der Waals surface area contributed by atoms with Gasteiger partial charge in [0, 0.05) is 5.75 Å². The highest BCUT2D eigenvalue weighted by molar-refractivity contribution is 7.72. The molecule has 0 radical (unpaired) electrons. The van der Waals surface area contributed by atoms with E-state index in [2.05, 4.69) is 0 Å². The molecule has 0 aromatic carbocycles. The lowest BCUT2D eigenvalue weighted by molar-refractivity contribution is 0.615. The van der Waals surface area contributed by atoms with Crippen molar-refractivity contribution in [1.82, 2.24) is 0 Å². The summed E-state index contributed by atoms with van der Waals surface area (Å²) in [5, 5.41) is 0. The molecule has 0 atom stereocenters. The highest BCUT2D eigenvalue weighted by Gasteiger charge is 1.65. The monoisotopic (exact) mass is 94.0 g/mol. The lowest BCUT2D eigenvalue weighted by atomic mass is 11.0. The average Bonchev–Trinajstić information content (AvgIpc) is 1.38. The van der Waals surface area contributed by atoms with Gasteiger partial charge in [-0.05, 0) is 0 Å². The van der Waals surface area contributed by atoms with E-state index in [0.29, 0.717) is 0 Å². The van der Waals surface area contributed by atoms with Crippen LogP contribution in [0.2, 0.25) is 0 Å². The lowest BCUT2D eigenvalue weighted by Crippen LogP contribution is -1.73. The summed E-state index contributed by atoms with van der Waals surface area (Å²) in [7, 11) is -2.10. The molecule has 0 unspecified atom stereocenters. The SMILES string of the molecule is CC[SH](=O)=O. The molecule has 0 heterocycles. The predicted octanol–water partition coefficient (Wildman–Crippen LogP) is -0.382. The van der Waals surface area contributed by atoms with Crippen LogP contribution < -0.4 is 0 Å². The van der Waals surface area contributed by atoms with Crippen molar-refractivity contribution in [3.63, 3.8) is 0 Å². The van der Waals surface area contributed by atoms with Crippen molar-refractivity contribution in [2.45, 2.75) is 6.92 Å². The number of rotatable bonds is 1. The molecule has 0 aromatic heterocycles. The van der Waals surface area contributed by atoms with E-state index in [1.54, 1.807) is 6.92 Å². The van der Waals surface area contributed by atoms with Gasteiger partial charge in [-0.25, -0.2) is 8.42 Å². The molecule has 0 aliphatic carbocycles. The average molecular weight is 94.1 g/mol. The quantitative estimate of drug-likeness (QED) is 0.449. The molecule has 0 bridgehead atoms. The second kappa shape index (κ2) is 2.20. The molecule has 0 fully saturated rings. The Morgan fingerprint density at radius 2 is 1.80 bits per heavy atom. The number of hydrogen-bond donors (Lipinski definition) is 1. The minimum Gasteiger partial charge on any atom is -0.232 e. The summed E-state index contributed by atoms with van der Waals surface area (Å²) in [6, 6.07) is 0. The minimum absolute atomic E-state index is 0.259. The van der Waals surface area contributed by atoms with Gasteiger partial charge in [0.1, 0.15) is 10.7 Å². The van der Waals surface area contributed by atoms with Gasteiger partial charge in [-0.1, -0.05) is 6.92 Å². The second-order valence-electron chi connectivity index (χ2n) is 0.649. The van der Waals surface area contributed by atoms with Gasteiger partial charge in [-0.2, -0.15) is 0 Å². The first kappa shape index (κ1) is 4.95. The molecule has 0 aromatic rings. The molecule has 0 amide bonds. The van der Waals surface area contributed by atoms with E-state index in [4.69, 9.17) is 0 Å². The van der Waals surface area contributed by atoms with Crippen LogP contribution in [0.4, 0.5) is 0 Å². The van der Waals surface area contributed by atoms with Crippen LogP contribution in [0.15, 0.2) is 0 Å². The molecule has 2 nitrogen and oxygen atoms in total. The molecule has 0 spiro atoms. The molecule has 0 saturated heterocycles. The summed E-state index contributed by atoms with van der Waals surface area (Å²) >= 11 is 0. The highest BCUT2D eigenvalue weighted by atomic mass is 32.2. The standard InChI is InChI=1S/C2H6O2S/c1-2-5(3)4/h5H,2H2,1H3. The predicted molar refractivity (Wildman–Crippen MR) is 20.9 cm³/mol. The molecule has 0 saturated carbocycles. The third-order valence-corrected chi connectivity index (χ3v) is 0.775. The van der Waals surface area contributed by atoms with Crippen molar-refractivity contribution < 1.29 is 8.42 Å². The Morgan fingerprint density at radius 3 is 1.80 bits per heavy atom. The van der Waals surface area contributed by atoms with Crippen LogP contribution in [0.25, 0.3) is 0 Å². The molecule has 0 rings (SSSR count). The normalized spacial score (nSPS) is 9.20.